The quantitative estimate of drug-likeness (QED) is 0.141. The van der Waals surface area contributed by atoms with Crippen molar-refractivity contribution in [2.75, 3.05) is 25.0 Å². The molecule has 15 nitrogen and oxygen atoms in total. The number of ether oxygens (including phenoxy) is 2. The molecular weight excluding hydrogens is 558 g/mol. The molecule has 2 aliphatic rings. The van der Waals surface area contributed by atoms with Crippen molar-refractivity contribution in [1.29, 1.82) is 0 Å². The van der Waals surface area contributed by atoms with Crippen molar-refractivity contribution in [3.63, 3.8) is 0 Å². The third-order valence-electron chi connectivity index (χ3n) is 5.49. The smallest absolute Gasteiger partial charge is 0.413 e. The van der Waals surface area contributed by atoms with E-state index in [1.165, 1.54) is 24.1 Å². The van der Waals surface area contributed by atoms with Gasteiger partial charge in [-0.15, -0.1) is 11.3 Å². The number of anilines is 1. The van der Waals surface area contributed by atoms with Gasteiger partial charge in [-0.25, -0.2) is 19.4 Å². The molecule has 2 fully saturated rings. The molecule has 0 unspecified atom stereocenters. The van der Waals surface area contributed by atoms with Crippen LogP contribution in [0.15, 0.2) is 10.5 Å². The van der Waals surface area contributed by atoms with Crippen LogP contribution in [-0.2, 0) is 28.7 Å². The first-order valence-corrected chi connectivity index (χ1v) is 13.8. The van der Waals surface area contributed by atoms with Gasteiger partial charge in [0.2, 0.25) is 11.5 Å². The molecule has 4 N–H and O–H groups in total. The lowest BCUT2D eigenvalue weighted by atomic mass is 9.98. The standard InChI is InChI=1S/C25H37N7O8S/c1-23(2,3)38-19(35)25(7,8)40-31-16(14-12-41-20(28-14)30-22(37)39-24(4,5)6)18(34)29-15-13(27-17(15)33)11-32-10-9-26-21(32)36/h12-13,15H,9-11H2,1-8H3,(H,26,36)(H,27,33)(H,29,34)(H,28,30,37)/b31-16+/t13-,15+/m1/s1. The Balaban J connectivity index is 1.82. The predicted octanol–water partition coefficient (Wildman–Crippen LogP) is 1.34. The fourth-order valence-corrected chi connectivity index (χ4v) is 4.21. The number of carbonyl (C=O) groups excluding carboxylic acids is 5. The number of nitrogens with zero attached hydrogens (tertiary/aromatic N) is 3. The number of carbonyl (C=O) groups is 5. The van der Waals surface area contributed by atoms with E-state index in [0.29, 0.717) is 13.1 Å². The Morgan fingerprint density at radius 1 is 1.10 bits per heavy atom. The molecule has 16 heteroatoms. The first kappa shape index (κ1) is 31.6. The topological polar surface area (TPSA) is 190 Å². The average molecular weight is 596 g/mol. The lowest BCUT2D eigenvalue weighted by Gasteiger charge is -2.38. The van der Waals surface area contributed by atoms with Crippen LogP contribution in [0, 0.1) is 0 Å². The van der Waals surface area contributed by atoms with Gasteiger partial charge in [0.1, 0.15) is 22.9 Å². The van der Waals surface area contributed by atoms with Crippen molar-refractivity contribution in [1.82, 2.24) is 25.8 Å². The van der Waals surface area contributed by atoms with E-state index in [2.05, 4.69) is 31.4 Å². The van der Waals surface area contributed by atoms with Crippen LogP contribution in [0.2, 0.25) is 0 Å². The van der Waals surface area contributed by atoms with E-state index < -0.39 is 52.8 Å². The summed E-state index contributed by atoms with van der Waals surface area (Å²) in [5, 5.41) is 16.0. The summed E-state index contributed by atoms with van der Waals surface area (Å²) in [4.78, 5) is 73.8. The second kappa shape index (κ2) is 11.9. The second-order valence-electron chi connectivity index (χ2n) is 12.0. The molecule has 0 spiro atoms. The van der Waals surface area contributed by atoms with Gasteiger partial charge in [-0.05, 0) is 55.4 Å². The summed E-state index contributed by atoms with van der Waals surface area (Å²) in [5.74, 6) is -1.99. The molecular formula is C25H37N7O8S. The fraction of sp³-hybridized carbons (Fsp3) is 0.640. The molecule has 0 radical (unpaired) electrons. The van der Waals surface area contributed by atoms with Gasteiger partial charge in [0.15, 0.2) is 10.8 Å². The highest BCUT2D eigenvalue weighted by Gasteiger charge is 2.43. The van der Waals surface area contributed by atoms with Gasteiger partial charge >= 0.3 is 18.1 Å². The number of rotatable bonds is 9. The van der Waals surface area contributed by atoms with Crippen LogP contribution in [-0.4, -0.2) is 94.0 Å². The number of esters is 1. The Hall–Kier alpha value is -3.95. The van der Waals surface area contributed by atoms with Crippen LogP contribution >= 0.6 is 11.3 Å². The Kier molecular flexibility index (Phi) is 9.15. The van der Waals surface area contributed by atoms with Crippen molar-refractivity contribution in [3.8, 4) is 0 Å². The van der Waals surface area contributed by atoms with E-state index in [0.717, 1.165) is 11.3 Å². The van der Waals surface area contributed by atoms with Gasteiger partial charge in [-0.3, -0.25) is 14.9 Å². The monoisotopic (exact) mass is 595 g/mol. The summed E-state index contributed by atoms with van der Waals surface area (Å²) in [6.45, 7) is 14.2. The number of amides is 5. The number of hydrogen-bond donors (Lipinski definition) is 4. The molecule has 0 aliphatic carbocycles. The molecule has 0 bridgehead atoms. The van der Waals surface area contributed by atoms with Crippen LogP contribution < -0.4 is 21.3 Å². The molecule has 1 aromatic heterocycles. The summed E-state index contributed by atoms with van der Waals surface area (Å²) in [5.41, 5.74) is -3.47. The zero-order valence-electron chi connectivity index (χ0n) is 24.4. The van der Waals surface area contributed by atoms with E-state index in [9.17, 15) is 24.0 Å². The maximum Gasteiger partial charge on any atom is 0.413 e. The molecule has 2 atom stereocenters. The molecule has 3 heterocycles. The summed E-state index contributed by atoms with van der Waals surface area (Å²) in [6, 6.07) is -1.75. The summed E-state index contributed by atoms with van der Waals surface area (Å²) in [7, 11) is 0. The van der Waals surface area contributed by atoms with Crippen LogP contribution in [0.1, 0.15) is 61.1 Å². The highest BCUT2D eigenvalue weighted by molar-refractivity contribution is 7.14. The van der Waals surface area contributed by atoms with E-state index in [1.54, 1.807) is 41.5 Å². The number of urea groups is 1. The van der Waals surface area contributed by atoms with Crippen molar-refractivity contribution < 1.29 is 38.3 Å². The lowest BCUT2D eigenvalue weighted by molar-refractivity contribution is -0.179. The van der Waals surface area contributed by atoms with Crippen LogP contribution in [0.25, 0.3) is 0 Å². The number of aromatic nitrogens is 1. The Morgan fingerprint density at radius 2 is 1.76 bits per heavy atom. The van der Waals surface area contributed by atoms with Crippen LogP contribution in [0.3, 0.4) is 0 Å². The fourth-order valence-electron chi connectivity index (χ4n) is 3.53. The molecule has 5 amide bonds. The molecule has 0 aromatic carbocycles. The number of thiazole rings is 1. The van der Waals surface area contributed by atoms with Crippen molar-refractivity contribution in [2.24, 2.45) is 5.16 Å². The highest BCUT2D eigenvalue weighted by Crippen LogP contribution is 2.21. The van der Waals surface area contributed by atoms with Crippen molar-refractivity contribution in [2.45, 2.75) is 84.3 Å². The molecule has 226 valence electrons. The first-order valence-electron chi connectivity index (χ1n) is 12.9. The zero-order valence-corrected chi connectivity index (χ0v) is 25.2. The van der Waals surface area contributed by atoms with Gasteiger partial charge in [0, 0.05) is 25.0 Å². The minimum atomic E-state index is -1.59. The number of β-lactam (4-membered cyclic amide) rings is 1. The third-order valence-corrected chi connectivity index (χ3v) is 6.24. The highest BCUT2D eigenvalue weighted by atomic mass is 32.1. The predicted molar refractivity (Wildman–Crippen MR) is 148 cm³/mol. The first-order chi connectivity index (χ1) is 18.8. The normalized spacial score (nSPS) is 19.5. The van der Waals surface area contributed by atoms with Crippen LogP contribution in [0.5, 0.6) is 0 Å². The minimum absolute atomic E-state index is 0.00810. The van der Waals surface area contributed by atoms with Gasteiger partial charge in [-0.2, -0.15) is 0 Å². The zero-order chi connectivity index (χ0) is 30.8. The molecule has 41 heavy (non-hydrogen) atoms. The van der Waals surface area contributed by atoms with Crippen molar-refractivity contribution >= 4 is 52.1 Å². The Labute approximate surface area is 241 Å². The van der Waals surface area contributed by atoms with Gasteiger partial charge in [-0.1, -0.05) is 5.16 Å². The van der Waals surface area contributed by atoms with Crippen LogP contribution in [0.4, 0.5) is 14.7 Å². The maximum atomic E-state index is 13.4. The Morgan fingerprint density at radius 3 is 2.32 bits per heavy atom. The minimum Gasteiger partial charge on any atom is -0.457 e. The second-order valence-corrected chi connectivity index (χ2v) is 12.8. The Bertz CT molecular complexity index is 1230. The van der Waals surface area contributed by atoms with Gasteiger partial charge in [0.25, 0.3) is 5.91 Å². The molecule has 1 aromatic rings. The maximum absolute atomic E-state index is 13.4. The number of oxime groups is 1. The number of hydrogen-bond acceptors (Lipinski definition) is 11. The summed E-state index contributed by atoms with van der Waals surface area (Å²) < 4.78 is 10.6. The average Bonchev–Trinajstić information content (AvgIpc) is 3.43. The SMILES string of the molecule is CC(C)(C)OC(=O)Nc1nc(/C(=N\OC(C)(C)C(=O)OC(C)(C)C)C(=O)N[C@@H]2C(=O)N[C@@H]2CN2CCNC2=O)cs1. The van der Waals surface area contributed by atoms with Gasteiger partial charge in [0.05, 0.1) is 6.04 Å². The van der Waals surface area contributed by atoms with E-state index >= 15 is 0 Å². The number of nitrogens with one attached hydrogen (secondary N) is 4. The molecule has 0 saturated carbocycles. The molecule has 3 rings (SSSR count). The van der Waals surface area contributed by atoms with Gasteiger partial charge < -0.3 is 35.2 Å². The summed E-state index contributed by atoms with van der Waals surface area (Å²) in [6.07, 6.45) is -0.747. The van der Waals surface area contributed by atoms with E-state index in [1.807, 2.05) is 0 Å². The van der Waals surface area contributed by atoms with E-state index in [-0.39, 0.29) is 29.1 Å². The molecule has 2 aliphatic heterocycles. The van der Waals surface area contributed by atoms with E-state index in [4.69, 9.17) is 14.3 Å². The van der Waals surface area contributed by atoms with Crippen molar-refractivity contribution in [3.05, 3.63) is 11.1 Å². The summed E-state index contributed by atoms with van der Waals surface area (Å²) >= 11 is 0.997. The largest absolute Gasteiger partial charge is 0.457 e. The third kappa shape index (κ3) is 8.77. The lowest BCUT2D eigenvalue weighted by Crippen LogP contribution is -2.72. The molecule has 2 saturated heterocycles.